The smallest absolute Gasteiger partial charge is 0.333 e. The van der Waals surface area contributed by atoms with E-state index in [1.54, 1.807) is 11.1 Å². The minimum absolute atomic E-state index is 0.180. The number of hydrogen-bond acceptors (Lipinski definition) is 6. The Labute approximate surface area is 203 Å². The summed E-state index contributed by atoms with van der Waals surface area (Å²) in [5.41, 5.74) is 8.50. The van der Waals surface area contributed by atoms with E-state index in [0.29, 0.717) is 30.4 Å². The molecule has 0 spiro atoms. The Kier molecular flexibility index (Phi) is 6.28. The molecule has 3 amide bonds. The number of hydrazine groups is 1. The number of nitrogens with zero attached hydrogens (tertiary/aromatic N) is 2. The van der Waals surface area contributed by atoms with Crippen molar-refractivity contribution < 1.29 is 19.1 Å². The maximum Gasteiger partial charge on any atom is 0.333 e. The summed E-state index contributed by atoms with van der Waals surface area (Å²) in [5, 5.41) is 14.9. The number of aromatic amines is 1. The predicted molar refractivity (Wildman–Crippen MR) is 130 cm³/mol. The number of benzene rings is 2. The fourth-order valence-corrected chi connectivity index (χ4v) is 4.42. The highest BCUT2D eigenvalue weighted by molar-refractivity contribution is 5.92. The van der Waals surface area contributed by atoms with Gasteiger partial charge >= 0.3 is 6.03 Å². The van der Waals surface area contributed by atoms with Gasteiger partial charge in [-0.2, -0.15) is 5.10 Å². The summed E-state index contributed by atoms with van der Waals surface area (Å²) in [5.74, 6) is 1.61. The zero-order valence-corrected chi connectivity index (χ0v) is 19.7. The van der Waals surface area contributed by atoms with E-state index >= 15 is 0 Å². The van der Waals surface area contributed by atoms with Crippen molar-refractivity contribution in [2.45, 2.75) is 46.2 Å². The maximum absolute atomic E-state index is 12.7. The second kappa shape index (κ2) is 9.67. The first-order valence-electron chi connectivity index (χ1n) is 11.7. The van der Waals surface area contributed by atoms with Gasteiger partial charge in [-0.1, -0.05) is 38.1 Å². The largest absolute Gasteiger partial charge is 0.454 e. The number of amides is 3. The number of fused-ring (bicyclic) bond motifs is 2. The molecule has 10 heteroatoms. The minimum Gasteiger partial charge on any atom is -0.454 e. The van der Waals surface area contributed by atoms with Gasteiger partial charge in [0.15, 0.2) is 17.3 Å². The molecule has 0 unspecified atom stereocenters. The monoisotopic (exact) mass is 476 g/mol. The molecule has 1 aromatic heterocycles. The number of para-hydroxylation sites is 1. The zero-order valence-electron chi connectivity index (χ0n) is 19.7. The third-order valence-electron chi connectivity index (χ3n) is 6.21. The Hall–Kier alpha value is -4.05. The van der Waals surface area contributed by atoms with Crippen LogP contribution in [0.4, 0.5) is 16.3 Å². The highest BCUT2D eigenvalue weighted by Crippen LogP contribution is 2.33. The first-order valence-corrected chi connectivity index (χ1v) is 11.7. The van der Waals surface area contributed by atoms with E-state index in [-0.39, 0.29) is 25.2 Å². The molecular weight excluding hydrogens is 448 g/mol. The third-order valence-corrected chi connectivity index (χ3v) is 6.21. The van der Waals surface area contributed by atoms with Crippen molar-refractivity contribution in [2.24, 2.45) is 0 Å². The van der Waals surface area contributed by atoms with Crippen molar-refractivity contribution in [3.63, 3.8) is 0 Å². The van der Waals surface area contributed by atoms with Gasteiger partial charge in [0.1, 0.15) is 0 Å². The quantitative estimate of drug-likeness (QED) is 0.414. The molecule has 4 N–H and O–H groups in total. The molecule has 2 aliphatic rings. The van der Waals surface area contributed by atoms with E-state index in [2.05, 4.69) is 40.1 Å². The van der Waals surface area contributed by atoms with Gasteiger partial charge in [-0.25, -0.2) is 9.80 Å². The standard InChI is InChI=1S/C25H28N6O4/c1-3-16-6-5-7-17(4-2)23(16)27-25(33)30-31-12-18-19(13-31)28-29-24(18)26-22(32)11-15-8-9-20-21(10-15)35-14-34-20/h5-10H,3-4,11-14H2,1-2H3,(H2,27,30,33)(H2,26,28,29,32). The topological polar surface area (TPSA) is 121 Å². The molecule has 3 aromatic rings. The van der Waals surface area contributed by atoms with Crippen LogP contribution in [-0.4, -0.2) is 33.9 Å². The molecule has 0 saturated carbocycles. The molecule has 0 saturated heterocycles. The van der Waals surface area contributed by atoms with Crippen LogP contribution in [0, 0.1) is 0 Å². The molecule has 0 fully saturated rings. The maximum atomic E-state index is 12.7. The van der Waals surface area contributed by atoms with Crippen LogP contribution < -0.4 is 25.5 Å². The van der Waals surface area contributed by atoms with Gasteiger partial charge in [-0.15, -0.1) is 0 Å². The van der Waals surface area contributed by atoms with Crippen LogP contribution >= 0.6 is 0 Å². The Morgan fingerprint density at radius 3 is 2.57 bits per heavy atom. The van der Waals surface area contributed by atoms with Gasteiger partial charge < -0.3 is 20.1 Å². The average Bonchev–Trinajstić information content (AvgIpc) is 3.56. The molecule has 10 nitrogen and oxygen atoms in total. The van der Waals surface area contributed by atoms with E-state index in [1.807, 2.05) is 30.3 Å². The fourth-order valence-electron chi connectivity index (χ4n) is 4.42. The number of carbonyl (C=O) groups is 2. The second-order valence-electron chi connectivity index (χ2n) is 8.52. The number of anilines is 2. The van der Waals surface area contributed by atoms with Crippen molar-refractivity contribution in [2.75, 3.05) is 17.4 Å². The van der Waals surface area contributed by atoms with Crippen LogP contribution in [0.2, 0.25) is 0 Å². The molecule has 0 bridgehead atoms. The SMILES string of the molecule is CCc1cccc(CC)c1NC(=O)NN1Cc2[nH]nc(NC(=O)Cc3ccc4c(c3)OCO4)c2C1. The van der Waals surface area contributed by atoms with Crippen LogP contribution in [0.15, 0.2) is 36.4 Å². The van der Waals surface area contributed by atoms with E-state index in [9.17, 15) is 9.59 Å². The van der Waals surface area contributed by atoms with E-state index in [0.717, 1.165) is 46.5 Å². The van der Waals surface area contributed by atoms with Crippen LogP contribution in [0.3, 0.4) is 0 Å². The fraction of sp³-hybridized carbons (Fsp3) is 0.320. The average molecular weight is 477 g/mol. The van der Waals surface area contributed by atoms with Gasteiger partial charge in [-0.3, -0.25) is 15.3 Å². The lowest BCUT2D eigenvalue weighted by Gasteiger charge is -2.19. The molecule has 2 aromatic carbocycles. The van der Waals surface area contributed by atoms with Crippen LogP contribution in [-0.2, 0) is 37.1 Å². The van der Waals surface area contributed by atoms with Gasteiger partial charge in [0.2, 0.25) is 12.7 Å². The van der Waals surface area contributed by atoms with Crippen molar-refractivity contribution in [3.8, 4) is 11.5 Å². The number of nitrogens with one attached hydrogen (secondary N) is 4. The van der Waals surface area contributed by atoms with Gasteiger partial charge in [-0.05, 0) is 41.7 Å². The normalized spacial score (nSPS) is 14.0. The number of carbonyl (C=O) groups excluding carboxylic acids is 2. The molecule has 0 radical (unpaired) electrons. The van der Waals surface area contributed by atoms with E-state index in [1.165, 1.54) is 0 Å². The summed E-state index contributed by atoms with van der Waals surface area (Å²) >= 11 is 0. The Morgan fingerprint density at radius 1 is 1.03 bits per heavy atom. The molecule has 35 heavy (non-hydrogen) atoms. The van der Waals surface area contributed by atoms with Gasteiger partial charge in [0.25, 0.3) is 0 Å². The Bertz CT molecular complexity index is 1250. The summed E-state index contributed by atoms with van der Waals surface area (Å²) in [6.45, 7) is 5.22. The first kappa shape index (κ1) is 22.7. The summed E-state index contributed by atoms with van der Waals surface area (Å²) in [7, 11) is 0. The molecule has 182 valence electrons. The Balaban J connectivity index is 1.18. The Morgan fingerprint density at radius 2 is 1.80 bits per heavy atom. The lowest BCUT2D eigenvalue weighted by atomic mass is 10.0. The summed E-state index contributed by atoms with van der Waals surface area (Å²) in [6.07, 6.45) is 1.84. The summed E-state index contributed by atoms with van der Waals surface area (Å²) in [6, 6.07) is 11.2. The van der Waals surface area contributed by atoms with E-state index < -0.39 is 0 Å². The minimum atomic E-state index is -0.299. The molecule has 3 heterocycles. The zero-order chi connectivity index (χ0) is 24.4. The lowest BCUT2D eigenvalue weighted by molar-refractivity contribution is -0.115. The van der Waals surface area contributed by atoms with Gasteiger partial charge in [0.05, 0.1) is 18.7 Å². The van der Waals surface area contributed by atoms with Crippen molar-refractivity contribution in [1.29, 1.82) is 0 Å². The third kappa shape index (κ3) is 4.78. The second-order valence-corrected chi connectivity index (χ2v) is 8.52. The number of rotatable bonds is 7. The highest BCUT2D eigenvalue weighted by atomic mass is 16.7. The molecular formula is C25H28N6O4. The number of H-pyrrole nitrogens is 1. The predicted octanol–water partition coefficient (Wildman–Crippen LogP) is 3.50. The van der Waals surface area contributed by atoms with Crippen molar-refractivity contribution in [1.82, 2.24) is 20.6 Å². The molecule has 0 atom stereocenters. The number of aromatic nitrogens is 2. The summed E-state index contributed by atoms with van der Waals surface area (Å²) in [4.78, 5) is 25.4. The molecule has 5 rings (SSSR count). The highest BCUT2D eigenvalue weighted by Gasteiger charge is 2.27. The van der Waals surface area contributed by atoms with Crippen molar-refractivity contribution >= 4 is 23.4 Å². The van der Waals surface area contributed by atoms with Crippen molar-refractivity contribution in [3.05, 3.63) is 64.3 Å². The molecule has 0 aliphatic carbocycles. The number of urea groups is 1. The molecule has 2 aliphatic heterocycles. The van der Waals surface area contributed by atoms with Crippen LogP contribution in [0.5, 0.6) is 11.5 Å². The van der Waals surface area contributed by atoms with E-state index in [4.69, 9.17) is 9.47 Å². The number of aryl methyl sites for hydroxylation is 2. The number of ether oxygens (including phenoxy) is 2. The van der Waals surface area contributed by atoms with Crippen LogP contribution in [0.1, 0.15) is 41.8 Å². The summed E-state index contributed by atoms with van der Waals surface area (Å²) < 4.78 is 10.7. The van der Waals surface area contributed by atoms with Gasteiger partial charge in [0, 0.05) is 17.8 Å². The van der Waals surface area contributed by atoms with Crippen LogP contribution in [0.25, 0.3) is 0 Å². The first-order chi connectivity index (χ1) is 17.0. The lowest BCUT2D eigenvalue weighted by Crippen LogP contribution is -2.41. The number of hydrogen-bond donors (Lipinski definition) is 4.